The Kier molecular flexibility index (Phi) is 8.41. The molecule has 0 radical (unpaired) electrons. The summed E-state index contributed by atoms with van der Waals surface area (Å²) in [4.78, 5) is 31.3. The number of carbonyl (C=O) groups is 1. The van der Waals surface area contributed by atoms with E-state index < -0.39 is 0 Å². The third-order valence-electron chi connectivity index (χ3n) is 5.68. The summed E-state index contributed by atoms with van der Waals surface area (Å²) in [6, 6.07) is 17.7. The predicted molar refractivity (Wildman–Crippen MR) is 149 cm³/mol. The number of amides is 1. The maximum Gasteiger partial charge on any atom is 0.266 e. The molecule has 0 spiro atoms. The molecule has 0 aliphatic carbocycles. The Hall–Kier alpha value is -3.49. The highest BCUT2D eigenvalue weighted by molar-refractivity contribution is 7.98. The number of ether oxygens (including phenoxy) is 2. The smallest absolute Gasteiger partial charge is 0.266 e. The first-order valence-electron chi connectivity index (χ1n) is 11.8. The Labute approximate surface area is 224 Å². The van der Waals surface area contributed by atoms with Crippen LogP contribution in [-0.4, -0.2) is 36.2 Å². The molecule has 0 atom stereocenters. The predicted octanol–water partition coefficient (Wildman–Crippen LogP) is 5.73. The molecule has 0 saturated carbocycles. The molecule has 0 fully saturated rings. The fourth-order valence-electron chi connectivity index (χ4n) is 3.71. The second kappa shape index (κ2) is 11.7. The van der Waals surface area contributed by atoms with Gasteiger partial charge in [0, 0.05) is 41.1 Å². The van der Waals surface area contributed by atoms with Crippen LogP contribution in [0.3, 0.4) is 0 Å². The van der Waals surface area contributed by atoms with Gasteiger partial charge >= 0.3 is 0 Å². The van der Waals surface area contributed by atoms with Crippen LogP contribution in [0.15, 0.2) is 70.6 Å². The summed E-state index contributed by atoms with van der Waals surface area (Å²) in [5, 5.41) is 4.39. The van der Waals surface area contributed by atoms with Crippen molar-refractivity contribution in [3.8, 4) is 17.2 Å². The fraction of sp³-hybridized carbons (Fsp3) is 0.250. The van der Waals surface area contributed by atoms with Crippen molar-refractivity contribution in [1.29, 1.82) is 0 Å². The first kappa shape index (κ1) is 26.6. The van der Waals surface area contributed by atoms with Gasteiger partial charge in [-0.1, -0.05) is 55.4 Å². The van der Waals surface area contributed by atoms with Crippen molar-refractivity contribution in [3.63, 3.8) is 0 Å². The molecule has 0 bridgehead atoms. The van der Waals surface area contributed by atoms with Gasteiger partial charge in [0.05, 0.1) is 30.8 Å². The van der Waals surface area contributed by atoms with Gasteiger partial charge in [0.25, 0.3) is 11.5 Å². The summed E-state index contributed by atoms with van der Waals surface area (Å²) in [6.45, 7) is 4.62. The summed E-state index contributed by atoms with van der Waals surface area (Å²) < 4.78 is 12.4. The summed E-state index contributed by atoms with van der Waals surface area (Å²) in [6.07, 6.45) is 0. The van der Waals surface area contributed by atoms with Crippen LogP contribution in [0.1, 0.15) is 29.8 Å². The molecule has 1 amide bonds. The van der Waals surface area contributed by atoms with Crippen molar-refractivity contribution in [3.05, 3.63) is 87.2 Å². The Morgan fingerprint density at radius 3 is 2.41 bits per heavy atom. The van der Waals surface area contributed by atoms with Gasteiger partial charge in [-0.25, -0.2) is 4.98 Å². The van der Waals surface area contributed by atoms with E-state index in [2.05, 4.69) is 5.32 Å². The third-order valence-corrected chi connectivity index (χ3v) is 7.04. The number of thioether (sulfide) groups is 1. The van der Waals surface area contributed by atoms with Crippen LogP contribution in [0.25, 0.3) is 16.6 Å². The van der Waals surface area contributed by atoms with E-state index in [4.69, 9.17) is 26.1 Å². The van der Waals surface area contributed by atoms with Crippen molar-refractivity contribution < 1.29 is 14.3 Å². The fourth-order valence-corrected chi connectivity index (χ4v) is 5.01. The average Bonchev–Trinajstić information content (AvgIpc) is 2.90. The topological polar surface area (TPSA) is 82.4 Å². The van der Waals surface area contributed by atoms with E-state index in [1.54, 1.807) is 50.6 Å². The first-order valence-corrected chi connectivity index (χ1v) is 13.1. The van der Waals surface area contributed by atoms with Crippen LogP contribution in [0.2, 0.25) is 5.02 Å². The van der Waals surface area contributed by atoms with E-state index in [1.807, 2.05) is 38.1 Å². The van der Waals surface area contributed by atoms with E-state index in [1.165, 1.54) is 16.3 Å². The lowest BCUT2D eigenvalue weighted by Gasteiger charge is -2.16. The number of halogens is 1. The number of rotatable bonds is 9. The SMILES string of the molecule is COc1cc(OC)cc(-n2c(SCc3ccccc3Cl)nc3cc(C(=O)NCC(C)C)ccc3c2=O)c1. The van der Waals surface area contributed by atoms with Crippen LogP contribution in [0.5, 0.6) is 11.5 Å². The molecular weight excluding hydrogens is 510 g/mol. The molecule has 0 saturated heterocycles. The van der Waals surface area contributed by atoms with E-state index in [9.17, 15) is 9.59 Å². The van der Waals surface area contributed by atoms with Crippen molar-refractivity contribution in [2.45, 2.75) is 24.8 Å². The molecule has 1 N–H and O–H groups in total. The molecule has 4 aromatic rings. The molecular formula is C28H28ClN3O4S. The maximum absolute atomic E-state index is 13.8. The number of hydrogen-bond acceptors (Lipinski definition) is 6. The van der Waals surface area contributed by atoms with E-state index in [0.29, 0.717) is 62.0 Å². The number of fused-ring (bicyclic) bond motifs is 1. The molecule has 0 aliphatic rings. The Balaban J connectivity index is 1.86. The van der Waals surface area contributed by atoms with Crippen molar-refractivity contribution >= 4 is 40.2 Å². The number of hydrogen-bond donors (Lipinski definition) is 1. The molecule has 9 heteroatoms. The monoisotopic (exact) mass is 537 g/mol. The van der Waals surface area contributed by atoms with Crippen LogP contribution >= 0.6 is 23.4 Å². The van der Waals surface area contributed by atoms with Gasteiger partial charge in [-0.2, -0.15) is 0 Å². The van der Waals surface area contributed by atoms with Gasteiger partial charge < -0.3 is 14.8 Å². The zero-order chi connectivity index (χ0) is 26.5. The second-order valence-electron chi connectivity index (χ2n) is 8.82. The lowest BCUT2D eigenvalue weighted by Crippen LogP contribution is -2.27. The molecule has 1 aromatic heterocycles. The van der Waals surface area contributed by atoms with Crippen molar-refractivity contribution in [2.75, 3.05) is 20.8 Å². The summed E-state index contributed by atoms with van der Waals surface area (Å²) in [7, 11) is 3.11. The van der Waals surface area contributed by atoms with E-state index >= 15 is 0 Å². The zero-order valence-electron chi connectivity index (χ0n) is 21.1. The molecule has 192 valence electrons. The Morgan fingerprint density at radius 2 is 1.76 bits per heavy atom. The number of carbonyl (C=O) groups excluding carboxylic acids is 1. The summed E-state index contributed by atoms with van der Waals surface area (Å²) in [5.41, 5.74) is 2.09. The van der Waals surface area contributed by atoms with Crippen LogP contribution in [0, 0.1) is 5.92 Å². The van der Waals surface area contributed by atoms with Crippen LogP contribution in [-0.2, 0) is 5.75 Å². The largest absolute Gasteiger partial charge is 0.497 e. The zero-order valence-corrected chi connectivity index (χ0v) is 22.7. The highest BCUT2D eigenvalue weighted by Crippen LogP contribution is 2.30. The molecule has 0 unspecified atom stereocenters. The summed E-state index contributed by atoms with van der Waals surface area (Å²) >= 11 is 7.76. The summed E-state index contributed by atoms with van der Waals surface area (Å²) in [5.74, 6) is 1.70. The first-order chi connectivity index (χ1) is 17.8. The molecule has 1 heterocycles. The number of methoxy groups -OCH3 is 2. The highest BCUT2D eigenvalue weighted by atomic mass is 35.5. The molecule has 37 heavy (non-hydrogen) atoms. The van der Waals surface area contributed by atoms with Crippen molar-refractivity contribution in [2.24, 2.45) is 5.92 Å². The number of nitrogens with zero attached hydrogens (tertiary/aromatic N) is 2. The lowest BCUT2D eigenvalue weighted by atomic mass is 10.1. The number of aromatic nitrogens is 2. The van der Waals surface area contributed by atoms with E-state index in [-0.39, 0.29) is 11.5 Å². The quantitative estimate of drug-likeness (QED) is 0.217. The number of nitrogens with one attached hydrogen (secondary N) is 1. The molecule has 4 rings (SSSR count). The molecule has 7 nitrogen and oxygen atoms in total. The normalized spacial score (nSPS) is 11.1. The minimum absolute atomic E-state index is 0.204. The third kappa shape index (κ3) is 6.09. The maximum atomic E-state index is 13.8. The van der Waals surface area contributed by atoms with Gasteiger partial charge in [0.1, 0.15) is 11.5 Å². The molecule has 3 aromatic carbocycles. The molecule has 0 aliphatic heterocycles. The van der Waals surface area contributed by atoms with Gasteiger partial charge in [0.15, 0.2) is 5.16 Å². The minimum Gasteiger partial charge on any atom is -0.497 e. The Morgan fingerprint density at radius 1 is 1.05 bits per heavy atom. The number of benzene rings is 3. The standard InChI is InChI=1S/C28H28ClN3O4S/c1-17(2)15-30-26(33)18-9-10-23-25(11-18)31-28(37-16-19-7-5-6-8-24(19)29)32(27(23)34)20-12-21(35-3)14-22(13-20)36-4/h5-14,17H,15-16H2,1-4H3,(H,30,33). The van der Waals surface area contributed by atoms with Gasteiger partial charge in [-0.05, 0) is 35.7 Å². The van der Waals surface area contributed by atoms with Gasteiger partial charge in [-0.15, -0.1) is 0 Å². The van der Waals surface area contributed by atoms with Crippen LogP contribution in [0.4, 0.5) is 0 Å². The second-order valence-corrected chi connectivity index (χ2v) is 10.2. The Bertz CT molecular complexity index is 1480. The lowest BCUT2D eigenvalue weighted by molar-refractivity contribution is 0.0949. The highest BCUT2D eigenvalue weighted by Gasteiger charge is 2.17. The van der Waals surface area contributed by atoms with Crippen LogP contribution < -0.4 is 20.3 Å². The van der Waals surface area contributed by atoms with Gasteiger partial charge in [0.2, 0.25) is 0 Å². The average molecular weight is 538 g/mol. The minimum atomic E-state index is -0.267. The van der Waals surface area contributed by atoms with Gasteiger partial charge in [-0.3, -0.25) is 14.2 Å². The van der Waals surface area contributed by atoms with Crippen molar-refractivity contribution in [1.82, 2.24) is 14.9 Å². The van der Waals surface area contributed by atoms with E-state index in [0.717, 1.165) is 5.56 Å².